The molecule has 3 rings (SSSR count). The smallest absolute Gasteiger partial charge is 0.253 e. The summed E-state index contributed by atoms with van der Waals surface area (Å²) in [5.74, 6) is 0.0684. The Hall–Kier alpha value is -2.18. The Balaban J connectivity index is 1.58. The Bertz CT molecular complexity index is 702. The number of β-amino-alcohol motifs (C(OH)–C–C–N with tert-alkyl or cyclic N) is 1. The minimum Gasteiger partial charge on any atom is -0.392 e. The molecule has 6 heteroatoms. The van der Waals surface area contributed by atoms with Crippen LogP contribution in [0.4, 0.5) is 0 Å². The molecule has 6 nitrogen and oxygen atoms in total. The Morgan fingerprint density at radius 1 is 1.20 bits per heavy atom. The van der Waals surface area contributed by atoms with Crippen molar-refractivity contribution in [2.24, 2.45) is 0 Å². The summed E-state index contributed by atoms with van der Waals surface area (Å²) < 4.78 is 1.81. The van der Waals surface area contributed by atoms with Gasteiger partial charge in [-0.2, -0.15) is 5.10 Å². The summed E-state index contributed by atoms with van der Waals surface area (Å²) in [6.45, 7) is 7.71. The number of aliphatic hydroxyl groups excluding tert-OH is 1. The number of hydrogen-bond donors (Lipinski definition) is 1. The van der Waals surface area contributed by atoms with Crippen molar-refractivity contribution < 1.29 is 9.90 Å². The van der Waals surface area contributed by atoms with E-state index in [1.165, 1.54) is 0 Å². The summed E-state index contributed by atoms with van der Waals surface area (Å²) in [5.41, 5.74) is 2.75. The maximum absolute atomic E-state index is 12.7. The van der Waals surface area contributed by atoms with E-state index < -0.39 is 0 Å². The fourth-order valence-corrected chi connectivity index (χ4v) is 3.05. The lowest BCUT2D eigenvalue weighted by atomic mass is 10.1. The van der Waals surface area contributed by atoms with Gasteiger partial charge in [-0.25, -0.2) is 4.68 Å². The second kappa shape index (κ2) is 7.80. The Morgan fingerprint density at radius 3 is 2.44 bits per heavy atom. The molecule has 0 radical (unpaired) electrons. The van der Waals surface area contributed by atoms with Gasteiger partial charge >= 0.3 is 0 Å². The number of carbonyl (C=O) groups excluding carboxylic acids is 1. The van der Waals surface area contributed by atoms with Gasteiger partial charge in [0.1, 0.15) is 0 Å². The highest BCUT2D eigenvalue weighted by molar-refractivity contribution is 5.94. The number of rotatable bonds is 5. The molecule has 134 valence electrons. The fourth-order valence-electron chi connectivity index (χ4n) is 3.05. The first-order valence-corrected chi connectivity index (χ1v) is 8.88. The highest BCUT2D eigenvalue weighted by atomic mass is 16.3. The third-order valence-corrected chi connectivity index (χ3v) is 4.69. The molecule has 2 aromatic rings. The minimum absolute atomic E-state index is 0.0684. The zero-order chi connectivity index (χ0) is 17.8. The van der Waals surface area contributed by atoms with Gasteiger partial charge in [0.25, 0.3) is 5.91 Å². The van der Waals surface area contributed by atoms with Gasteiger partial charge in [0, 0.05) is 44.5 Å². The van der Waals surface area contributed by atoms with Crippen LogP contribution in [0.25, 0.3) is 5.69 Å². The number of hydrogen-bond acceptors (Lipinski definition) is 4. The number of piperazine rings is 1. The predicted octanol–water partition coefficient (Wildman–Crippen LogP) is 1.71. The molecular formula is C19H26N4O2. The van der Waals surface area contributed by atoms with Crippen LogP contribution in [0.3, 0.4) is 0 Å². The molecule has 1 aromatic carbocycles. The van der Waals surface area contributed by atoms with E-state index in [1.807, 2.05) is 55.4 Å². The zero-order valence-corrected chi connectivity index (χ0v) is 14.9. The lowest BCUT2D eigenvalue weighted by Gasteiger charge is -2.35. The van der Waals surface area contributed by atoms with Crippen LogP contribution in [0, 0.1) is 6.92 Å². The Kier molecular flexibility index (Phi) is 5.50. The summed E-state index contributed by atoms with van der Waals surface area (Å²) >= 11 is 0. The van der Waals surface area contributed by atoms with E-state index >= 15 is 0 Å². The second-order valence-corrected chi connectivity index (χ2v) is 6.66. The molecule has 0 saturated carbocycles. The van der Waals surface area contributed by atoms with E-state index in [2.05, 4.69) is 10.00 Å². The van der Waals surface area contributed by atoms with E-state index in [-0.39, 0.29) is 12.0 Å². The largest absolute Gasteiger partial charge is 0.392 e. The number of carbonyl (C=O) groups is 1. The molecule has 0 bridgehead atoms. The average Bonchev–Trinajstić information content (AvgIpc) is 3.08. The molecule has 25 heavy (non-hydrogen) atoms. The van der Waals surface area contributed by atoms with Crippen LogP contribution in [-0.4, -0.2) is 69.4 Å². The number of aryl methyl sites for hydroxylation is 1. The van der Waals surface area contributed by atoms with Crippen LogP contribution in [0.5, 0.6) is 0 Å². The number of nitrogens with zero attached hydrogens (tertiary/aromatic N) is 4. The summed E-state index contributed by atoms with van der Waals surface area (Å²) in [7, 11) is 0. The molecule has 0 unspecified atom stereocenters. The van der Waals surface area contributed by atoms with E-state index in [0.29, 0.717) is 25.2 Å². The molecular weight excluding hydrogens is 316 g/mol. The lowest BCUT2D eigenvalue weighted by Crippen LogP contribution is -2.50. The van der Waals surface area contributed by atoms with Crippen LogP contribution in [0.1, 0.15) is 29.3 Å². The van der Waals surface area contributed by atoms with E-state index in [4.69, 9.17) is 0 Å². The van der Waals surface area contributed by atoms with Crippen molar-refractivity contribution in [3.05, 3.63) is 47.8 Å². The zero-order valence-electron chi connectivity index (χ0n) is 14.9. The van der Waals surface area contributed by atoms with Crippen LogP contribution < -0.4 is 0 Å². The second-order valence-electron chi connectivity index (χ2n) is 6.66. The van der Waals surface area contributed by atoms with Crippen molar-refractivity contribution in [2.75, 3.05) is 32.7 Å². The molecule has 1 aliphatic heterocycles. The minimum atomic E-state index is -0.277. The fraction of sp³-hybridized carbons (Fsp3) is 0.474. The van der Waals surface area contributed by atoms with Gasteiger partial charge in [0.2, 0.25) is 0 Å². The van der Waals surface area contributed by atoms with Gasteiger partial charge < -0.3 is 10.0 Å². The van der Waals surface area contributed by atoms with Crippen LogP contribution in [-0.2, 0) is 0 Å². The molecule has 1 aromatic heterocycles. The van der Waals surface area contributed by atoms with Gasteiger partial charge in [0.15, 0.2) is 0 Å². The van der Waals surface area contributed by atoms with Crippen LogP contribution in [0.15, 0.2) is 36.7 Å². The van der Waals surface area contributed by atoms with Gasteiger partial charge in [0.05, 0.1) is 18.0 Å². The van der Waals surface area contributed by atoms with E-state index in [1.54, 1.807) is 4.68 Å². The monoisotopic (exact) mass is 342 g/mol. The van der Waals surface area contributed by atoms with Crippen LogP contribution >= 0.6 is 0 Å². The van der Waals surface area contributed by atoms with Crippen molar-refractivity contribution in [1.82, 2.24) is 19.6 Å². The average molecular weight is 342 g/mol. The summed E-state index contributed by atoms with van der Waals surface area (Å²) in [5, 5.41) is 14.0. The maximum atomic E-state index is 12.7. The van der Waals surface area contributed by atoms with Crippen molar-refractivity contribution in [1.29, 1.82) is 0 Å². The van der Waals surface area contributed by atoms with Crippen molar-refractivity contribution in [2.45, 2.75) is 26.4 Å². The van der Waals surface area contributed by atoms with Gasteiger partial charge in [-0.3, -0.25) is 9.69 Å². The first-order chi connectivity index (χ1) is 12.1. The van der Waals surface area contributed by atoms with E-state index in [0.717, 1.165) is 30.8 Å². The van der Waals surface area contributed by atoms with Crippen molar-refractivity contribution in [3.63, 3.8) is 0 Å². The standard InChI is InChI=1S/C19H26N4O2/c1-3-18(24)14-21-8-10-22(11-9-21)19(25)16-4-6-17(7-5-16)23-13-15(2)12-20-23/h4-7,12-13,18,24H,3,8-11,14H2,1-2H3/t18-/m1/s1. The first kappa shape index (κ1) is 17.6. The molecule has 1 aliphatic rings. The quantitative estimate of drug-likeness (QED) is 0.899. The molecule has 1 N–H and O–H groups in total. The summed E-state index contributed by atoms with van der Waals surface area (Å²) in [6, 6.07) is 7.57. The highest BCUT2D eigenvalue weighted by Gasteiger charge is 2.23. The molecule has 0 spiro atoms. The number of aliphatic hydroxyl groups is 1. The Morgan fingerprint density at radius 2 is 1.88 bits per heavy atom. The van der Waals surface area contributed by atoms with Gasteiger partial charge in [-0.15, -0.1) is 0 Å². The normalized spacial score (nSPS) is 16.8. The topological polar surface area (TPSA) is 61.6 Å². The van der Waals surface area contributed by atoms with Crippen LogP contribution in [0.2, 0.25) is 0 Å². The third kappa shape index (κ3) is 4.27. The maximum Gasteiger partial charge on any atom is 0.253 e. The molecule has 1 atom stereocenters. The van der Waals surface area contributed by atoms with Crippen molar-refractivity contribution >= 4 is 5.91 Å². The SMILES string of the molecule is CC[C@@H](O)CN1CCN(C(=O)c2ccc(-n3cc(C)cn3)cc2)CC1. The van der Waals surface area contributed by atoms with Crippen molar-refractivity contribution in [3.8, 4) is 5.69 Å². The molecule has 1 saturated heterocycles. The highest BCUT2D eigenvalue weighted by Crippen LogP contribution is 2.13. The summed E-state index contributed by atoms with van der Waals surface area (Å²) in [4.78, 5) is 16.8. The predicted molar refractivity (Wildman–Crippen MR) is 96.9 cm³/mol. The lowest BCUT2D eigenvalue weighted by molar-refractivity contribution is 0.0524. The summed E-state index contributed by atoms with van der Waals surface area (Å²) in [6.07, 6.45) is 4.26. The van der Waals surface area contributed by atoms with Gasteiger partial charge in [-0.1, -0.05) is 6.92 Å². The number of benzene rings is 1. The third-order valence-electron chi connectivity index (χ3n) is 4.69. The first-order valence-electron chi connectivity index (χ1n) is 8.88. The number of amides is 1. The molecule has 1 amide bonds. The number of aromatic nitrogens is 2. The molecule has 2 heterocycles. The molecule has 0 aliphatic carbocycles. The molecule has 1 fully saturated rings. The van der Waals surface area contributed by atoms with Gasteiger partial charge in [-0.05, 0) is 43.2 Å². The Labute approximate surface area is 148 Å². The van der Waals surface area contributed by atoms with E-state index in [9.17, 15) is 9.90 Å².